The second-order valence-corrected chi connectivity index (χ2v) is 8.11. The van der Waals surface area contributed by atoms with Crippen molar-refractivity contribution in [2.24, 2.45) is 0 Å². The minimum Gasteiger partial charge on any atom is -0.497 e. The number of fused-ring (bicyclic) bond motifs is 2. The third-order valence-corrected chi connectivity index (χ3v) is 6.03. The average Bonchev–Trinajstić information content (AvgIpc) is 3.21. The van der Waals surface area contributed by atoms with Crippen LogP contribution >= 0.6 is 0 Å². The van der Waals surface area contributed by atoms with E-state index in [2.05, 4.69) is 83.1 Å². The van der Waals surface area contributed by atoms with E-state index in [-0.39, 0.29) is 6.04 Å². The van der Waals surface area contributed by atoms with E-state index < -0.39 is 0 Å². The van der Waals surface area contributed by atoms with Crippen molar-refractivity contribution in [2.75, 3.05) is 12.8 Å². The number of nitrogens with zero attached hydrogens (tertiary/aromatic N) is 1. The first-order valence-electron chi connectivity index (χ1n) is 10.8. The summed E-state index contributed by atoms with van der Waals surface area (Å²) < 4.78 is 5.35. The Labute approximate surface area is 187 Å². The SMILES string of the molecule is COc1cccc(CNC(C)c2cc(-c3ccc4c(N)n[nH]c4c3)c3ccccc3c2)c1. The van der Waals surface area contributed by atoms with Crippen molar-refractivity contribution in [3.05, 3.63) is 90.0 Å². The Morgan fingerprint density at radius 2 is 1.84 bits per heavy atom. The van der Waals surface area contributed by atoms with Gasteiger partial charge in [-0.2, -0.15) is 5.10 Å². The van der Waals surface area contributed by atoms with Crippen molar-refractivity contribution >= 4 is 27.5 Å². The molecule has 0 aliphatic rings. The Balaban J connectivity index is 1.50. The van der Waals surface area contributed by atoms with Gasteiger partial charge in [-0.15, -0.1) is 0 Å². The van der Waals surface area contributed by atoms with Crippen LogP contribution < -0.4 is 15.8 Å². The van der Waals surface area contributed by atoms with E-state index in [1.165, 1.54) is 27.5 Å². The maximum atomic E-state index is 5.96. The summed E-state index contributed by atoms with van der Waals surface area (Å²) in [5, 5.41) is 14.2. The van der Waals surface area contributed by atoms with Gasteiger partial charge in [-0.1, -0.05) is 42.5 Å². The normalized spacial score (nSPS) is 12.3. The number of methoxy groups -OCH3 is 1. The molecule has 1 unspecified atom stereocenters. The molecule has 0 fully saturated rings. The second-order valence-electron chi connectivity index (χ2n) is 8.11. The maximum absolute atomic E-state index is 5.96. The topological polar surface area (TPSA) is 76.0 Å². The fraction of sp³-hybridized carbons (Fsp3) is 0.148. The number of anilines is 1. The van der Waals surface area contributed by atoms with Crippen LogP contribution in [0.25, 0.3) is 32.8 Å². The van der Waals surface area contributed by atoms with E-state index in [0.29, 0.717) is 5.82 Å². The maximum Gasteiger partial charge on any atom is 0.153 e. The van der Waals surface area contributed by atoms with Crippen molar-refractivity contribution in [3.63, 3.8) is 0 Å². The number of ether oxygens (including phenoxy) is 1. The fourth-order valence-electron chi connectivity index (χ4n) is 4.20. The molecule has 5 aromatic rings. The lowest BCUT2D eigenvalue weighted by atomic mass is 9.93. The highest BCUT2D eigenvalue weighted by Gasteiger charge is 2.13. The molecule has 5 heteroatoms. The van der Waals surface area contributed by atoms with Gasteiger partial charge in [0, 0.05) is 18.0 Å². The highest BCUT2D eigenvalue weighted by Crippen LogP contribution is 2.34. The summed E-state index contributed by atoms with van der Waals surface area (Å²) in [6, 6.07) is 27.7. The summed E-state index contributed by atoms with van der Waals surface area (Å²) in [7, 11) is 1.70. The molecule has 32 heavy (non-hydrogen) atoms. The van der Waals surface area contributed by atoms with E-state index in [1.54, 1.807) is 7.11 Å². The van der Waals surface area contributed by atoms with Gasteiger partial charge < -0.3 is 15.8 Å². The number of benzene rings is 4. The van der Waals surface area contributed by atoms with Gasteiger partial charge in [0.15, 0.2) is 5.82 Å². The van der Waals surface area contributed by atoms with Crippen molar-refractivity contribution in [2.45, 2.75) is 19.5 Å². The van der Waals surface area contributed by atoms with Gasteiger partial charge in [-0.25, -0.2) is 0 Å². The van der Waals surface area contributed by atoms with E-state index >= 15 is 0 Å². The van der Waals surface area contributed by atoms with Crippen molar-refractivity contribution in [1.29, 1.82) is 0 Å². The standard InChI is InChI=1S/C27H26N4O/c1-17(29-16-18-6-5-8-22(12-18)32-2)21-13-19-7-3-4-9-23(19)25(14-21)20-10-11-24-26(15-20)30-31-27(24)28/h3-15,17,29H,16H2,1-2H3,(H3,28,30,31). The van der Waals surface area contributed by atoms with Gasteiger partial charge in [-0.3, -0.25) is 5.10 Å². The van der Waals surface area contributed by atoms with Crippen LogP contribution in [0.15, 0.2) is 78.9 Å². The first-order valence-corrected chi connectivity index (χ1v) is 10.8. The summed E-state index contributed by atoms with van der Waals surface area (Å²) in [5.41, 5.74) is 11.7. The molecule has 0 saturated carbocycles. The molecule has 0 radical (unpaired) electrons. The first-order chi connectivity index (χ1) is 15.6. The highest BCUT2D eigenvalue weighted by molar-refractivity contribution is 6.00. The molecular formula is C27H26N4O. The molecule has 4 N–H and O–H groups in total. The molecular weight excluding hydrogens is 396 g/mol. The molecule has 1 aromatic heterocycles. The number of nitrogen functional groups attached to an aromatic ring is 1. The van der Waals surface area contributed by atoms with Crippen LogP contribution in [0.3, 0.4) is 0 Å². The van der Waals surface area contributed by atoms with Crippen LogP contribution in [0.1, 0.15) is 24.1 Å². The first kappa shape index (κ1) is 20.1. The lowest BCUT2D eigenvalue weighted by Gasteiger charge is -2.18. The largest absolute Gasteiger partial charge is 0.497 e. The molecule has 0 amide bonds. The Kier molecular flexibility index (Phi) is 5.25. The Bertz CT molecular complexity index is 1410. The number of nitrogens with two attached hydrogens (primary N) is 1. The van der Waals surface area contributed by atoms with Crippen LogP contribution in [0, 0.1) is 0 Å². The molecule has 0 aliphatic carbocycles. The zero-order chi connectivity index (χ0) is 22.1. The van der Waals surface area contributed by atoms with Crippen molar-refractivity contribution < 1.29 is 4.74 Å². The fourth-order valence-corrected chi connectivity index (χ4v) is 4.20. The Hall–Kier alpha value is -3.83. The van der Waals surface area contributed by atoms with Crippen LogP contribution in [-0.2, 0) is 6.54 Å². The van der Waals surface area contributed by atoms with Gasteiger partial charge in [-0.05, 0) is 76.3 Å². The molecule has 160 valence electrons. The van der Waals surface area contributed by atoms with E-state index in [1.807, 2.05) is 18.2 Å². The van der Waals surface area contributed by atoms with Crippen LogP contribution in [0.2, 0.25) is 0 Å². The third-order valence-electron chi connectivity index (χ3n) is 6.03. The summed E-state index contributed by atoms with van der Waals surface area (Å²) in [6.45, 7) is 2.97. The highest BCUT2D eigenvalue weighted by atomic mass is 16.5. The number of aromatic nitrogens is 2. The molecule has 0 bridgehead atoms. The molecule has 1 heterocycles. The number of rotatable bonds is 6. The smallest absolute Gasteiger partial charge is 0.153 e. The zero-order valence-electron chi connectivity index (χ0n) is 18.2. The third kappa shape index (κ3) is 3.79. The van der Waals surface area contributed by atoms with E-state index in [4.69, 9.17) is 10.5 Å². The molecule has 0 aliphatic heterocycles. The molecule has 0 spiro atoms. The Morgan fingerprint density at radius 3 is 2.72 bits per heavy atom. The molecule has 5 nitrogen and oxygen atoms in total. The van der Waals surface area contributed by atoms with Crippen LogP contribution in [-0.4, -0.2) is 17.3 Å². The van der Waals surface area contributed by atoms with Gasteiger partial charge in [0.05, 0.1) is 12.6 Å². The van der Waals surface area contributed by atoms with Crippen LogP contribution in [0.5, 0.6) is 5.75 Å². The van der Waals surface area contributed by atoms with Gasteiger partial charge in [0.25, 0.3) is 0 Å². The summed E-state index contributed by atoms with van der Waals surface area (Å²) in [4.78, 5) is 0. The predicted molar refractivity (Wildman–Crippen MR) is 132 cm³/mol. The number of hydrogen-bond acceptors (Lipinski definition) is 4. The Morgan fingerprint density at radius 1 is 0.969 bits per heavy atom. The number of hydrogen-bond donors (Lipinski definition) is 3. The van der Waals surface area contributed by atoms with E-state index in [0.717, 1.165) is 28.8 Å². The number of aromatic amines is 1. The van der Waals surface area contributed by atoms with E-state index in [9.17, 15) is 0 Å². The summed E-state index contributed by atoms with van der Waals surface area (Å²) >= 11 is 0. The van der Waals surface area contributed by atoms with Crippen molar-refractivity contribution in [3.8, 4) is 16.9 Å². The van der Waals surface area contributed by atoms with Gasteiger partial charge >= 0.3 is 0 Å². The molecule has 1 atom stereocenters. The number of H-pyrrole nitrogens is 1. The molecule has 0 saturated heterocycles. The van der Waals surface area contributed by atoms with Gasteiger partial charge in [0.1, 0.15) is 5.75 Å². The lowest BCUT2D eigenvalue weighted by molar-refractivity contribution is 0.414. The summed E-state index contributed by atoms with van der Waals surface area (Å²) in [6.07, 6.45) is 0. The number of nitrogens with one attached hydrogen (secondary N) is 2. The lowest BCUT2D eigenvalue weighted by Crippen LogP contribution is -2.18. The summed E-state index contributed by atoms with van der Waals surface area (Å²) in [5.74, 6) is 1.40. The minimum atomic E-state index is 0.177. The second kappa shape index (κ2) is 8.36. The average molecular weight is 423 g/mol. The predicted octanol–water partition coefficient (Wildman–Crippen LogP) is 5.82. The monoisotopic (exact) mass is 422 g/mol. The zero-order valence-corrected chi connectivity index (χ0v) is 18.2. The quantitative estimate of drug-likeness (QED) is 0.322. The minimum absolute atomic E-state index is 0.177. The molecule has 4 aromatic carbocycles. The van der Waals surface area contributed by atoms with Gasteiger partial charge in [0.2, 0.25) is 0 Å². The van der Waals surface area contributed by atoms with Crippen molar-refractivity contribution in [1.82, 2.24) is 15.5 Å². The van der Waals surface area contributed by atoms with Crippen LogP contribution in [0.4, 0.5) is 5.82 Å². The molecule has 5 rings (SSSR count).